The van der Waals surface area contributed by atoms with Gasteiger partial charge in [0.1, 0.15) is 0 Å². The Labute approximate surface area is 281 Å². The Morgan fingerprint density at radius 3 is 1.60 bits per heavy atom. The summed E-state index contributed by atoms with van der Waals surface area (Å²) in [5, 5.41) is 2.57. The maximum Gasteiger partial charge on any atom is 0.494 e. The molecule has 8 rings (SSSR count). The summed E-state index contributed by atoms with van der Waals surface area (Å²) in [7, 11) is -0.402. The van der Waals surface area contributed by atoms with Gasteiger partial charge in [0.05, 0.1) is 21.6 Å². The fraction of sp³-hybridized carbons (Fsp3) is 0.143. The van der Waals surface area contributed by atoms with Gasteiger partial charge in [0, 0.05) is 26.8 Å². The van der Waals surface area contributed by atoms with Crippen molar-refractivity contribution in [3.8, 4) is 22.3 Å². The Hall–Kier alpha value is -4.68. The van der Waals surface area contributed by atoms with Crippen molar-refractivity contribution >= 4 is 61.2 Å². The molecular weight excluding hydrogens is 593 g/mol. The van der Waals surface area contributed by atoms with Gasteiger partial charge in [-0.05, 0) is 91.8 Å². The van der Waals surface area contributed by atoms with Gasteiger partial charge >= 0.3 is 7.12 Å². The molecule has 0 amide bonds. The van der Waals surface area contributed by atoms with Crippen molar-refractivity contribution in [3.63, 3.8) is 0 Å². The monoisotopic (exact) mass is 629 g/mol. The average Bonchev–Trinajstić information content (AvgIpc) is 3.59. The molecule has 0 N–H and O–H groups in total. The summed E-state index contributed by atoms with van der Waals surface area (Å²) < 4.78 is 15.3. The lowest BCUT2D eigenvalue weighted by Crippen LogP contribution is -2.41. The van der Waals surface area contributed by atoms with Crippen molar-refractivity contribution in [1.29, 1.82) is 0 Å². The second-order valence-corrected chi connectivity index (χ2v) is 14.3. The van der Waals surface area contributed by atoms with Crippen molar-refractivity contribution in [2.75, 3.05) is 4.90 Å². The van der Waals surface area contributed by atoms with Crippen molar-refractivity contribution < 1.29 is 9.31 Å². The zero-order chi connectivity index (χ0) is 32.2. The Balaban J connectivity index is 1.18. The van der Waals surface area contributed by atoms with E-state index in [0.29, 0.717) is 0 Å². The minimum Gasteiger partial charge on any atom is -0.399 e. The number of anilines is 3. The standard InChI is InChI=1S/C42H36BNO2S/c1-41(2)42(3,4)46-43(45-41)33-23-27-35(28-24-33)44(38-15-10-14-37-36-13-8-9-16-39(36)47-40(37)38)34-25-21-32(22-26-34)31-19-17-30(18-20-31)29-11-6-5-7-12-29/h5-28H,1-4H3. The molecule has 0 unspecified atom stereocenters. The zero-order valence-electron chi connectivity index (χ0n) is 27.1. The largest absolute Gasteiger partial charge is 0.494 e. The summed E-state index contributed by atoms with van der Waals surface area (Å²) in [6, 6.07) is 52.2. The SMILES string of the molecule is CC1(C)OB(c2ccc(N(c3ccc(-c4ccc(-c5ccccc5)cc4)cc3)c3cccc4c3sc3ccccc34)cc2)OC1(C)C. The minimum absolute atomic E-state index is 0.386. The summed E-state index contributed by atoms with van der Waals surface area (Å²) in [6.07, 6.45) is 0. The van der Waals surface area contributed by atoms with Crippen LogP contribution in [0.1, 0.15) is 27.7 Å². The van der Waals surface area contributed by atoms with E-state index in [0.717, 1.165) is 22.5 Å². The highest BCUT2D eigenvalue weighted by Crippen LogP contribution is 2.45. The summed E-state index contributed by atoms with van der Waals surface area (Å²) in [6.45, 7) is 8.37. The molecule has 1 aliphatic rings. The maximum atomic E-state index is 6.36. The molecule has 1 aliphatic heterocycles. The Morgan fingerprint density at radius 2 is 0.979 bits per heavy atom. The second-order valence-electron chi connectivity index (χ2n) is 13.3. The predicted octanol–water partition coefficient (Wildman–Crippen LogP) is 11.2. The third kappa shape index (κ3) is 5.35. The first kappa shape index (κ1) is 29.7. The molecule has 7 aromatic rings. The lowest BCUT2D eigenvalue weighted by Gasteiger charge is -2.32. The number of hydrogen-bond donors (Lipinski definition) is 0. The molecule has 0 bridgehead atoms. The topological polar surface area (TPSA) is 21.7 Å². The number of fused-ring (bicyclic) bond motifs is 3. The van der Waals surface area contributed by atoms with Crippen LogP contribution in [0.25, 0.3) is 42.4 Å². The van der Waals surface area contributed by atoms with E-state index in [1.165, 1.54) is 42.4 Å². The van der Waals surface area contributed by atoms with E-state index in [-0.39, 0.29) is 11.2 Å². The second kappa shape index (κ2) is 11.5. The van der Waals surface area contributed by atoms with Crippen LogP contribution in [0.4, 0.5) is 17.1 Å². The number of benzene rings is 6. The van der Waals surface area contributed by atoms with Gasteiger partial charge in [0.25, 0.3) is 0 Å². The van der Waals surface area contributed by atoms with Crippen LogP contribution < -0.4 is 10.4 Å². The minimum atomic E-state index is -0.402. The van der Waals surface area contributed by atoms with Gasteiger partial charge < -0.3 is 14.2 Å². The lowest BCUT2D eigenvalue weighted by atomic mass is 9.79. The molecule has 0 atom stereocenters. The Kier molecular flexibility index (Phi) is 7.29. The third-order valence-corrected chi connectivity index (χ3v) is 11.0. The fourth-order valence-corrected chi connectivity index (χ4v) is 7.59. The summed E-state index contributed by atoms with van der Waals surface area (Å²) >= 11 is 1.85. The van der Waals surface area contributed by atoms with Gasteiger partial charge in [-0.1, -0.05) is 109 Å². The number of thiophene rings is 1. The smallest absolute Gasteiger partial charge is 0.399 e. The molecular formula is C42H36BNO2S. The van der Waals surface area contributed by atoms with Crippen LogP contribution >= 0.6 is 11.3 Å². The third-order valence-electron chi connectivity index (χ3n) is 9.75. The highest BCUT2D eigenvalue weighted by molar-refractivity contribution is 7.26. The number of hydrogen-bond acceptors (Lipinski definition) is 4. The van der Waals surface area contributed by atoms with E-state index in [4.69, 9.17) is 9.31 Å². The molecule has 1 saturated heterocycles. The molecule has 1 aromatic heterocycles. The van der Waals surface area contributed by atoms with Gasteiger partial charge in [0.2, 0.25) is 0 Å². The van der Waals surface area contributed by atoms with Crippen molar-refractivity contribution in [3.05, 3.63) is 146 Å². The molecule has 1 fully saturated rings. The van der Waals surface area contributed by atoms with Crippen molar-refractivity contribution in [2.45, 2.75) is 38.9 Å². The van der Waals surface area contributed by atoms with Gasteiger partial charge in [-0.2, -0.15) is 0 Å². The summed E-state index contributed by atoms with van der Waals surface area (Å²) in [4.78, 5) is 2.37. The number of nitrogens with zero attached hydrogens (tertiary/aromatic N) is 1. The molecule has 3 nitrogen and oxygen atoms in total. The molecule has 5 heteroatoms. The van der Waals surface area contributed by atoms with E-state index < -0.39 is 7.12 Å². The Bertz CT molecular complexity index is 2170. The number of rotatable bonds is 6. The molecule has 6 aromatic carbocycles. The van der Waals surface area contributed by atoms with Crippen LogP contribution in [-0.4, -0.2) is 18.3 Å². The molecule has 0 radical (unpaired) electrons. The predicted molar refractivity (Wildman–Crippen MR) is 201 cm³/mol. The summed E-state index contributed by atoms with van der Waals surface area (Å²) in [5.74, 6) is 0. The molecule has 0 spiro atoms. The quantitative estimate of drug-likeness (QED) is 0.171. The first-order valence-electron chi connectivity index (χ1n) is 16.2. The van der Waals surface area contributed by atoms with Gasteiger partial charge in [0.15, 0.2) is 0 Å². The molecule has 2 heterocycles. The molecule has 0 aliphatic carbocycles. The maximum absolute atomic E-state index is 6.36. The van der Waals surface area contributed by atoms with E-state index in [1.54, 1.807) is 0 Å². The normalized spacial score (nSPS) is 15.4. The average molecular weight is 630 g/mol. The van der Waals surface area contributed by atoms with Crippen molar-refractivity contribution in [2.24, 2.45) is 0 Å². The first-order chi connectivity index (χ1) is 22.8. The van der Waals surface area contributed by atoms with Crippen molar-refractivity contribution in [1.82, 2.24) is 0 Å². The van der Waals surface area contributed by atoms with Crippen LogP contribution in [0.5, 0.6) is 0 Å². The molecule has 47 heavy (non-hydrogen) atoms. The van der Waals surface area contributed by atoms with E-state index in [1.807, 2.05) is 11.3 Å². The van der Waals surface area contributed by atoms with Crippen LogP contribution in [0.15, 0.2) is 146 Å². The fourth-order valence-electron chi connectivity index (χ4n) is 6.38. The lowest BCUT2D eigenvalue weighted by molar-refractivity contribution is 0.00578. The zero-order valence-corrected chi connectivity index (χ0v) is 27.9. The highest BCUT2D eigenvalue weighted by Gasteiger charge is 2.51. The molecule has 230 valence electrons. The first-order valence-corrected chi connectivity index (χ1v) is 17.0. The Morgan fingerprint density at radius 1 is 0.489 bits per heavy atom. The summed E-state index contributed by atoms with van der Waals surface area (Å²) in [5.41, 5.74) is 8.41. The van der Waals surface area contributed by atoms with Gasteiger partial charge in [-0.25, -0.2) is 0 Å². The van der Waals surface area contributed by atoms with Crippen LogP contribution in [0.3, 0.4) is 0 Å². The van der Waals surface area contributed by atoms with Gasteiger partial charge in [-0.3, -0.25) is 0 Å². The van der Waals surface area contributed by atoms with Crippen LogP contribution in [-0.2, 0) is 9.31 Å². The van der Waals surface area contributed by atoms with E-state index in [9.17, 15) is 0 Å². The van der Waals surface area contributed by atoms with E-state index in [2.05, 4.69) is 178 Å². The van der Waals surface area contributed by atoms with Gasteiger partial charge in [-0.15, -0.1) is 11.3 Å². The molecule has 0 saturated carbocycles. The van der Waals surface area contributed by atoms with Crippen LogP contribution in [0.2, 0.25) is 0 Å². The van der Waals surface area contributed by atoms with E-state index >= 15 is 0 Å². The van der Waals surface area contributed by atoms with Crippen LogP contribution in [0, 0.1) is 0 Å². The highest BCUT2D eigenvalue weighted by atomic mass is 32.1.